The third kappa shape index (κ3) is 9.03. The molecule has 29 heavy (non-hydrogen) atoms. The van der Waals surface area contributed by atoms with E-state index in [-0.39, 0.29) is 36.4 Å². The van der Waals surface area contributed by atoms with E-state index in [9.17, 15) is 4.79 Å². The van der Waals surface area contributed by atoms with Crippen LogP contribution in [0.15, 0.2) is 58.0 Å². The van der Waals surface area contributed by atoms with Gasteiger partial charge in [-0.2, -0.15) is 0 Å². The van der Waals surface area contributed by atoms with Crippen molar-refractivity contribution in [1.29, 1.82) is 0 Å². The minimum Gasteiger partial charge on any atom is -0.494 e. The summed E-state index contributed by atoms with van der Waals surface area (Å²) in [7, 11) is 3.46. The fraction of sp³-hybridized carbons (Fsp3) is 0.333. The van der Waals surface area contributed by atoms with E-state index >= 15 is 0 Å². The first-order chi connectivity index (χ1) is 13.5. The maximum absolute atomic E-state index is 11.9. The number of ether oxygens (including phenoxy) is 1. The summed E-state index contributed by atoms with van der Waals surface area (Å²) in [4.78, 5) is 18.1. The van der Waals surface area contributed by atoms with Crippen molar-refractivity contribution < 1.29 is 9.53 Å². The van der Waals surface area contributed by atoms with Crippen LogP contribution in [0.1, 0.15) is 18.1 Å². The summed E-state index contributed by atoms with van der Waals surface area (Å²) in [5, 5.41) is 6.39. The number of amides is 1. The Bertz CT molecular complexity index is 798. The molecule has 0 aliphatic heterocycles. The molecular formula is C21H28BrIN4O2. The second-order valence-electron chi connectivity index (χ2n) is 6.33. The zero-order chi connectivity index (χ0) is 20.4. The smallest absolute Gasteiger partial charge is 0.241 e. The quantitative estimate of drug-likeness (QED) is 0.286. The van der Waals surface area contributed by atoms with Gasteiger partial charge in [-0.05, 0) is 30.7 Å². The highest BCUT2D eigenvalue weighted by Crippen LogP contribution is 2.17. The number of nitrogens with zero attached hydrogens (tertiary/aromatic N) is 2. The fourth-order valence-electron chi connectivity index (χ4n) is 2.38. The molecule has 6 nitrogen and oxygen atoms in total. The van der Waals surface area contributed by atoms with Gasteiger partial charge in [0.25, 0.3) is 0 Å². The van der Waals surface area contributed by atoms with Crippen molar-refractivity contribution in [3.63, 3.8) is 0 Å². The normalized spacial score (nSPS) is 10.7. The van der Waals surface area contributed by atoms with E-state index in [2.05, 4.69) is 31.6 Å². The molecule has 0 unspecified atom stereocenters. The summed E-state index contributed by atoms with van der Waals surface area (Å²) in [5.41, 5.74) is 2.11. The van der Waals surface area contributed by atoms with Crippen LogP contribution in [-0.4, -0.2) is 44.0 Å². The Kier molecular flexibility index (Phi) is 11.7. The molecule has 0 heterocycles. The first-order valence-corrected chi connectivity index (χ1v) is 9.96. The van der Waals surface area contributed by atoms with E-state index in [4.69, 9.17) is 4.74 Å². The van der Waals surface area contributed by atoms with Gasteiger partial charge in [-0.3, -0.25) is 4.79 Å². The van der Waals surface area contributed by atoms with Gasteiger partial charge in [-0.25, -0.2) is 4.99 Å². The number of likely N-dealkylation sites (N-methyl/N-ethyl adjacent to an activating group) is 1. The molecule has 0 spiro atoms. The van der Waals surface area contributed by atoms with Crippen molar-refractivity contribution in [2.75, 3.05) is 27.2 Å². The number of aliphatic imine (C=N–C) groups is 1. The molecule has 0 aliphatic rings. The second kappa shape index (κ2) is 13.4. The lowest BCUT2D eigenvalue weighted by Gasteiger charge is -2.16. The van der Waals surface area contributed by atoms with Gasteiger partial charge in [0.2, 0.25) is 5.91 Å². The summed E-state index contributed by atoms with van der Waals surface area (Å²) in [5.74, 6) is 1.39. The van der Waals surface area contributed by atoms with E-state index in [0.717, 1.165) is 21.3 Å². The number of rotatable bonds is 8. The zero-order valence-corrected chi connectivity index (χ0v) is 20.9. The monoisotopic (exact) mass is 574 g/mol. The highest BCUT2D eigenvalue weighted by Gasteiger charge is 2.08. The molecule has 8 heteroatoms. The summed E-state index contributed by atoms with van der Waals surface area (Å²) in [6.45, 7) is 3.79. The number of para-hydroxylation sites is 1. The standard InChI is InChI=1S/C21H27BrN4O2.HI/c1-4-28-19-8-6-5-7-17(19)14-24-21(25-15-20(27)26(2)3)23-13-16-9-11-18(22)12-10-16;/h5-12H,4,13-15H2,1-3H3,(H2,23,24,25);1H. The van der Waals surface area contributed by atoms with Gasteiger partial charge in [-0.1, -0.05) is 46.3 Å². The number of benzene rings is 2. The van der Waals surface area contributed by atoms with Gasteiger partial charge < -0.3 is 20.3 Å². The van der Waals surface area contributed by atoms with Crippen LogP contribution >= 0.6 is 39.9 Å². The molecule has 0 aliphatic carbocycles. The predicted molar refractivity (Wildman–Crippen MR) is 132 cm³/mol. The minimum atomic E-state index is -0.0205. The number of guanidine groups is 1. The molecule has 2 aromatic carbocycles. The molecule has 0 saturated heterocycles. The Hall–Kier alpha value is -1.81. The molecule has 0 bridgehead atoms. The lowest BCUT2D eigenvalue weighted by atomic mass is 10.2. The van der Waals surface area contributed by atoms with Crippen LogP contribution in [0.2, 0.25) is 0 Å². The van der Waals surface area contributed by atoms with E-state index in [1.807, 2.05) is 55.5 Å². The third-order valence-corrected chi connectivity index (χ3v) is 4.49. The van der Waals surface area contributed by atoms with Gasteiger partial charge in [-0.15, -0.1) is 24.0 Å². The van der Waals surface area contributed by atoms with Crippen molar-refractivity contribution in [3.05, 3.63) is 64.1 Å². The van der Waals surface area contributed by atoms with Crippen molar-refractivity contribution in [3.8, 4) is 5.75 Å². The maximum Gasteiger partial charge on any atom is 0.241 e. The Morgan fingerprint density at radius 3 is 2.45 bits per heavy atom. The van der Waals surface area contributed by atoms with Crippen molar-refractivity contribution in [2.45, 2.75) is 20.0 Å². The number of nitrogens with one attached hydrogen (secondary N) is 2. The van der Waals surface area contributed by atoms with Gasteiger partial charge in [0.15, 0.2) is 5.96 Å². The average Bonchev–Trinajstić information content (AvgIpc) is 2.69. The second-order valence-corrected chi connectivity index (χ2v) is 7.24. The third-order valence-electron chi connectivity index (χ3n) is 3.96. The highest BCUT2D eigenvalue weighted by atomic mass is 127. The molecule has 0 radical (unpaired) electrons. The number of hydrogen-bond donors (Lipinski definition) is 2. The largest absolute Gasteiger partial charge is 0.494 e. The van der Waals surface area contributed by atoms with Crippen molar-refractivity contribution in [2.24, 2.45) is 4.99 Å². The number of carbonyl (C=O) groups is 1. The number of halogens is 2. The van der Waals surface area contributed by atoms with Crippen LogP contribution in [0.5, 0.6) is 5.75 Å². The Morgan fingerprint density at radius 2 is 1.79 bits per heavy atom. The summed E-state index contributed by atoms with van der Waals surface area (Å²) in [6.07, 6.45) is 0. The van der Waals surface area contributed by atoms with Crippen LogP contribution in [0.4, 0.5) is 0 Å². The predicted octanol–water partition coefficient (Wildman–Crippen LogP) is 3.79. The first-order valence-electron chi connectivity index (χ1n) is 9.17. The molecular weight excluding hydrogens is 547 g/mol. The van der Waals surface area contributed by atoms with Crippen LogP contribution in [0.25, 0.3) is 0 Å². The topological polar surface area (TPSA) is 66.0 Å². The van der Waals surface area contributed by atoms with E-state index in [0.29, 0.717) is 25.7 Å². The molecule has 2 N–H and O–H groups in total. The summed E-state index contributed by atoms with van der Waals surface area (Å²) in [6, 6.07) is 15.9. The van der Waals surface area contributed by atoms with Gasteiger partial charge in [0.1, 0.15) is 5.75 Å². The van der Waals surface area contributed by atoms with Crippen LogP contribution < -0.4 is 15.4 Å². The van der Waals surface area contributed by atoms with E-state index < -0.39 is 0 Å². The average molecular weight is 575 g/mol. The summed E-state index contributed by atoms with van der Waals surface area (Å²) < 4.78 is 6.70. The summed E-state index contributed by atoms with van der Waals surface area (Å²) >= 11 is 3.44. The molecule has 0 aromatic heterocycles. The van der Waals surface area contributed by atoms with Crippen LogP contribution in [0.3, 0.4) is 0 Å². The molecule has 158 valence electrons. The van der Waals surface area contributed by atoms with E-state index in [1.54, 1.807) is 19.0 Å². The fourth-order valence-corrected chi connectivity index (χ4v) is 2.64. The van der Waals surface area contributed by atoms with Crippen LogP contribution in [-0.2, 0) is 17.9 Å². The molecule has 0 fully saturated rings. The number of hydrogen-bond acceptors (Lipinski definition) is 3. The molecule has 2 rings (SSSR count). The molecule has 0 saturated carbocycles. The maximum atomic E-state index is 11.9. The molecule has 0 atom stereocenters. The number of carbonyl (C=O) groups excluding carboxylic acids is 1. The lowest BCUT2D eigenvalue weighted by molar-refractivity contribution is -0.127. The van der Waals surface area contributed by atoms with Gasteiger partial charge >= 0.3 is 0 Å². The van der Waals surface area contributed by atoms with Crippen molar-refractivity contribution in [1.82, 2.24) is 15.5 Å². The Morgan fingerprint density at radius 1 is 1.10 bits per heavy atom. The minimum absolute atomic E-state index is 0. The molecule has 1 amide bonds. The SMILES string of the molecule is CCOc1ccccc1CNC(=NCc1ccc(Br)cc1)NCC(=O)N(C)C.I. The zero-order valence-electron chi connectivity index (χ0n) is 16.9. The Labute approximate surface area is 198 Å². The lowest BCUT2D eigenvalue weighted by Crippen LogP contribution is -2.42. The van der Waals surface area contributed by atoms with Crippen molar-refractivity contribution >= 4 is 51.8 Å². The molecule has 2 aromatic rings. The van der Waals surface area contributed by atoms with Gasteiger partial charge in [0.05, 0.1) is 19.7 Å². The van der Waals surface area contributed by atoms with Gasteiger partial charge in [0, 0.05) is 30.7 Å². The van der Waals surface area contributed by atoms with Crippen LogP contribution in [0, 0.1) is 0 Å². The Balaban J connectivity index is 0.00000420. The first kappa shape index (κ1) is 25.2. The van der Waals surface area contributed by atoms with E-state index in [1.165, 1.54) is 0 Å². The highest BCUT2D eigenvalue weighted by molar-refractivity contribution is 14.0.